The summed E-state index contributed by atoms with van der Waals surface area (Å²) in [4.78, 5) is 2.93. The van der Waals surface area contributed by atoms with E-state index in [-0.39, 0.29) is 0 Å². The number of piperazine rings is 1. The lowest BCUT2D eigenvalue weighted by Crippen LogP contribution is -2.61. The summed E-state index contributed by atoms with van der Waals surface area (Å²) in [5.41, 5.74) is 0. The van der Waals surface area contributed by atoms with Crippen molar-refractivity contribution >= 4 is 0 Å². The molecule has 0 aromatic rings. The summed E-state index contributed by atoms with van der Waals surface area (Å²) in [5.74, 6) is 0.965. The summed E-state index contributed by atoms with van der Waals surface area (Å²) in [6.45, 7) is 4.96. The Morgan fingerprint density at radius 3 is 2.20 bits per heavy atom. The highest BCUT2D eigenvalue weighted by Gasteiger charge is 2.35. The van der Waals surface area contributed by atoms with Gasteiger partial charge in [0.2, 0.25) is 0 Å². The molecule has 3 rings (SSSR count). The standard InChI is InChI=1S/C18H34N2/c1-2-16-13-19-18(15-9-5-3-6-10-15)14-20(16)17-11-7-4-8-12-17/h15-19H,2-14H2,1H3. The van der Waals surface area contributed by atoms with Crippen LogP contribution in [0.1, 0.15) is 77.6 Å². The molecule has 20 heavy (non-hydrogen) atoms. The molecule has 0 spiro atoms. The molecule has 1 heterocycles. The summed E-state index contributed by atoms with van der Waals surface area (Å²) in [5, 5.41) is 3.92. The van der Waals surface area contributed by atoms with Gasteiger partial charge in [-0.3, -0.25) is 4.90 Å². The lowest BCUT2D eigenvalue weighted by atomic mass is 9.81. The zero-order valence-corrected chi connectivity index (χ0v) is 13.4. The molecular formula is C18H34N2. The van der Waals surface area contributed by atoms with Crippen molar-refractivity contribution in [2.75, 3.05) is 13.1 Å². The summed E-state index contributed by atoms with van der Waals surface area (Å²) in [6.07, 6.45) is 16.1. The maximum atomic E-state index is 3.92. The number of nitrogens with one attached hydrogen (secondary N) is 1. The van der Waals surface area contributed by atoms with Gasteiger partial charge in [-0.2, -0.15) is 0 Å². The highest BCUT2D eigenvalue weighted by Crippen LogP contribution is 2.31. The second-order valence-electron chi connectivity index (χ2n) is 7.46. The molecule has 2 unspecified atom stereocenters. The van der Waals surface area contributed by atoms with Crippen LogP contribution in [0.15, 0.2) is 0 Å². The first-order chi connectivity index (χ1) is 9.88. The Balaban J connectivity index is 1.62. The molecule has 1 N–H and O–H groups in total. The largest absolute Gasteiger partial charge is 0.311 e. The van der Waals surface area contributed by atoms with Gasteiger partial charge in [0.25, 0.3) is 0 Å². The van der Waals surface area contributed by atoms with Gasteiger partial charge in [-0.1, -0.05) is 45.4 Å². The maximum Gasteiger partial charge on any atom is 0.0224 e. The fraction of sp³-hybridized carbons (Fsp3) is 1.00. The average molecular weight is 278 g/mol. The van der Waals surface area contributed by atoms with E-state index >= 15 is 0 Å². The third-order valence-corrected chi connectivity index (χ3v) is 6.23. The Bertz CT molecular complexity index is 279. The van der Waals surface area contributed by atoms with Gasteiger partial charge in [-0.25, -0.2) is 0 Å². The van der Waals surface area contributed by atoms with Crippen LogP contribution in [0.5, 0.6) is 0 Å². The number of hydrogen-bond acceptors (Lipinski definition) is 2. The molecule has 3 aliphatic rings. The first-order valence-electron chi connectivity index (χ1n) is 9.37. The highest BCUT2D eigenvalue weighted by molar-refractivity contribution is 4.93. The summed E-state index contributed by atoms with van der Waals surface area (Å²) < 4.78 is 0. The van der Waals surface area contributed by atoms with Gasteiger partial charge in [0.1, 0.15) is 0 Å². The molecule has 1 saturated heterocycles. The van der Waals surface area contributed by atoms with Gasteiger partial charge in [-0.05, 0) is 38.0 Å². The molecule has 0 bridgehead atoms. The minimum Gasteiger partial charge on any atom is -0.311 e. The van der Waals surface area contributed by atoms with Crippen LogP contribution in [-0.4, -0.2) is 36.1 Å². The van der Waals surface area contributed by atoms with Crippen LogP contribution in [0.25, 0.3) is 0 Å². The summed E-state index contributed by atoms with van der Waals surface area (Å²) in [6, 6.07) is 2.50. The van der Waals surface area contributed by atoms with Crippen molar-refractivity contribution in [1.82, 2.24) is 10.2 Å². The first-order valence-corrected chi connectivity index (χ1v) is 9.37. The predicted molar refractivity (Wildman–Crippen MR) is 86.0 cm³/mol. The second-order valence-corrected chi connectivity index (χ2v) is 7.46. The van der Waals surface area contributed by atoms with Crippen LogP contribution in [0.3, 0.4) is 0 Å². The van der Waals surface area contributed by atoms with E-state index in [1.54, 1.807) is 0 Å². The Hall–Kier alpha value is -0.0800. The molecule has 1 aliphatic heterocycles. The minimum absolute atomic E-state index is 0.792. The molecule has 0 amide bonds. The number of hydrogen-bond donors (Lipinski definition) is 1. The van der Waals surface area contributed by atoms with Gasteiger partial charge in [0.15, 0.2) is 0 Å². The van der Waals surface area contributed by atoms with E-state index in [0.717, 1.165) is 24.0 Å². The maximum absolute atomic E-state index is 3.92. The number of nitrogens with zero attached hydrogens (tertiary/aromatic N) is 1. The lowest BCUT2D eigenvalue weighted by molar-refractivity contribution is 0.0407. The zero-order valence-electron chi connectivity index (χ0n) is 13.4. The van der Waals surface area contributed by atoms with Gasteiger partial charge < -0.3 is 5.32 Å². The fourth-order valence-corrected chi connectivity index (χ4v) is 4.94. The molecule has 3 fully saturated rings. The Kier molecular flexibility index (Phi) is 5.39. The average Bonchev–Trinajstić information content (AvgIpc) is 2.56. The van der Waals surface area contributed by atoms with E-state index in [4.69, 9.17) is 0 Å². The van der Waals surface area contributed by atoms with Crippen LogP contribution in [0.4, 0.5) is 0 Å². The first kappa shape index (κ1) is 14.8. The van der Waals surface area contributed by atoms with E-state index in [1.165, 1.54) is 83.7 Å². The zero-order chi connectivity index (χ0) is 13.8. The Labute approximate surface area is 125 Å². The molecule has 0 radical (unpaired) electrons. The predicted octanol–water partition coefficient (Wildman–Crippen LogP) is 3.95. The summed E-state index contributed by atoms with van der Waals surface area (Å²) >= 11 is 0. The minimum atomic E-state index is 0.792. The van der Waals surface area contributed by atoms with Crippen molar-refractivity contribution in [1.29, 1.82) is 0 Å². The van der Waals surface area contributed by atoms with Crippen molar-refractivity contribution in [3.63, 3.8) is 0 Å². The normalized spacial score (nSPS) is 35.2. The third-order valence-electron chi connectivity index (χ3n) is 6.23. The Morgan fingerprint density at radius 1 is 0.900 bits per heavy atom. The Morgan fingerprint density at radius 2 is 1.55 bits per heavy atom. The monoisotopic (exact) mass is 278 g/mol. The molecule has 2 aliphatic carbocycles. The van der Waals surface area contributed by atoms with Crippen LogP contribution >= 0.6 is 0 Å². The molecule has 0 aromatic heterocycles. The van der Waals surface area contributed by atoms with Crippen LogP contribution in [0, 0.1) is 5.92 Å². The van der Waals surface area contributed by atoms with Crippen LogP contribution < -0.4 is 5.32 Å². The fourth-order valence-electron chi connectivity index (χ4n) is 4.94. The van der Waals surface area contributed by atoms with Gasteiger partial charge in [0, 0.05) is 31.2 Å². The SMILES string of the molecule is CCC1CNC(C2CCCCC2)CN1C1CCCCC1. The quantitative estimate of drug-likeness (QED) is 0.841. The van der Waals surface area contributed by atoms with Crippen LogP contribution in [0.2, 0.25) is 0 Å². The van der Waals surface area contributed by atoms with Crippen molar-refractivity contribution in [2.45, 2.75) is 95.7 Å². The van der Waals surface area contributed by atoms with Crippen molar-refractivity contribution in [2.24, 2.45) is 5.92 Å². The molecular weight excluding hydrogens is 244 g/mol. The van der Waals surface area contributed by atoms with E-state index in [2.05, 4.69) is 17.1 Å². The van der Waals surface area contributed by atoms with Gasteiger partial charge >= 0.3 is 0 Å². The molecule has 116 valence electrons. The van der Waals surface area contributed by atoms with Crippen molar-refractivity contribution in [3.05, 3.63) is 0 Å². The van der Waals surface area contributed by atoms with E-state index < -0.39 is 0 Å². The van der Waals surface area contributed by atoms with Gasteiger partial charge in [0.05, 0.1) is 0 Å². The molecule has 2 nitrogen and oxygen atoms in total. The molecule has 2 saturated carbocycles. The molecule has 2 atom stereocenters. The molecule has 0 aromatic carbocycles. The lowest BCUT2D eigenvalue weighted by Gasteiger charge is -2.48. The van der Waals surface area contributed by atoms with Crippen LogP contribution in [-0.2, 0) is 0 Å². The third kappa shape index (κ3) is 3.39. The van der Waals surface area contributed by atoms with Crippen molar-refractivity contribution in [3.8, 4) is 0 Å². The van der Waals surface area contributed by atoms with E-state index in [0.29, 0.717) is 0 Å². The van der Waals surface area contributed by atoms with E-state index in [1.807, 2.05) is 0 Å². The smallest absolute Gasteiger partial charge is 0.0224 e. The molecule has 2 heteroatoms. The second kappa shape index (κ2) is 7.26. The topological polar surface area (TPSA) is 15.3 Å². The van der Waals surface area contributed by atoms with Crippen molar-refractivity contribution < 1.29 is 0 Å². The van der Waals surface area contributed by atoms with Gasteiger partial charge in [-0.15, -0.1) is 0 Å². The van der Waals surface area contributed by atoms with E-state index in [9.17, 15) is 0 Å². The number of rotatable bonds is 3. The highest BCUT2D eigenvalue weighted by atomic mass is 15.3. The summed E-state index contributed by atoms with van der Waals surface area (Å²) in [7, 11) is 0.